The van der Waals surface area contributed by atoms with Gasteiger partial charge < -0.3 is 9.84 Å². The Balaban J connectivity index is 0.000000608. The number of ether oxygens (including phenoxy) is 1. The zero-order valence-corrected chi connectivity index (χ0v) is 27.4. The number of pyridine rings is 1. The van der Waals surface area contributed by atoms with Crippen LogP contribution in [0.15, 0.2) is 42.5 Å². The Labute approximate surface area is 252 Å². The van der Waals surface area contributed by atoms with Crippen molar-refractivity contribution in [1.82, 2.24) is 4.98 Å². The minimum atomic E-state index is -4.69. The molecular weight excluding hydrogens is 644 g/mol. The number of benzene rings is 2. The third-order valence-electron chi connectivity index (χ3n) is 6.08. The van der Waals surface area contributed by atoms with Gasteiger partial charge in [0.2, 0.25) is 0 Å². The van der Waals surface area contributed by atoms with E-state index < -0.39 is 38.4 Å². The van der Waals surface area contributed by atoms with Gasteiger partial charge in [0.15, 0.2) is 0 Å². The summed E-state index contributed by atoms with van der Waals surface area (Å²) in [7, 11) is 9.87. The Morgan fingerprint density at radius 3 is 1.93 bits per heavy atom. The molecule has 40 heavy (non-hydrogen) atoms. The van der Waals surface area contributed by atoms with E-state index in [1.807, 2.05) is 32.9 Å². The molecule has 3 nitrogen and oxygen atoms in total. The number of hydrogen-bond acceptors (Lipinski definition) is 3. The normalized spacial score (nSPS) is 13.6. The van der Waals surface area contributed by atoms with Crippen molar-refractivity contribution in [3.8, 4) is 28.3 Å². The SMILES string of the molecule is C1CCOC1.CC(C)(C)c1cc(-c2cccc(-c3[c-]c(F)cc(C(F)(F)F)c3)n2)c(O)c(C(C)(C)C)c1.[Cl][Zr][Cl]. The van der Waals surface area contributed by atoms with Crippen LogP contribution in [0.2, 0.25) is 0 Å². The predicted molar refractivity (Wildman–Crippen MR) is 150 cm³/mol. The van der Waals surface area contributed by atoms with Crippen LogP contribution in [0, 0.1) is 11.9 Å². The standard InChI is InChI=1S/C26H26F4NO.C4H8O.2ClH.Zr/c1-24(2,3)16-13-19(23(32)20(14-16)25(4,5)6)22-9-7-8-21(31-22)15-10-17(26(28,29)30)12-18(27)11-15;1-2-4-5-3-1;;;/h7-10,12-14,32H,1-6H3;1-4H2;2*1H;/q-1;;;;+2/p-2. The first kappa shape index (κ1) is 34.7. The van der Waals surface area contributed by atoms with Crippen molar-refractivity contribution in [2.24, 2.45) is 0 Å². The van der Waals surface area contributed by atoms with Crippen LogP contribution < -0.4 is 0 Å². The van der Waals surface area contributed by atoms with Crippen LogP contribution in [0.25, 0.3) is 22.5 Å². The molecule has 0 saturated carbocycles. The van der Waals surface area contributed by atoms with E-state index >= 15 is 0 Å². The molecular formula is C30H34Cl2F4NO2Zr-. The number of phenolic OH excluding ortho intramolecular Hbond substituents is 1. The molecule has 0 atom stereocenters. The van der Waals surface area contributed by atoms with Crippen molar-refractivity contribution in [1.29, 1.82) is 0 Å². The van der Waals surface area contributed by atoms with Crippen LogP contribution >= 0.6 is 17.0 Å². The van der Waals surface area contributed by atoms with E-state index in [-0.39, 0.29) is 27.8 Å². The molecule has 2 aromatic carbocycles. The van der Waals surface area contributed by atoms with E-state index in [1.165, 1.54) is 18.9 Å². The fourth-order valence-corrected chi connectivity index (χ4v) is 3.92. The minimum absolute atomic E-state index is 0.0642. The monoisotopic (exact) mass is 676 g/mol. The Hall–Kier alpha value is -1.47. The molecule has 2 heterocycles. The molecule has 0 radical (unpaired) electrons. The third kappa shape index (κ3) is 10.1. The van der Waals surface area contributed by atoms with E-state index in [0.29, 0.717) is 17.3 Å². The molecule has 3 aromatic rings. The summed E-state index contributed by atoms with van der Waals surface area (Å²) in [6.45, 7) is 14.1. The number of rotatable bonds is 2. The fraction of sp³-hybridized carbons (Fsp3) is 0.433. The van der Waals surface area contributed by atoms with Gasteiger partial charge in [-0.15, -0.1) is 17.7 Å². The number of hydrogen-bond donors (Lipinski definition) is 1. The molecule has 0 bridgehead atoms. The van der Waals surface area contributed by atoms with Crippen LogP contribution in [0.3, 0.4) is 0 Å². The van der Waals surface area contributed by atoms with Gasteiger partial charge >= 0.3 is 44.1 Å². The van der Waals surface area contributed by atoms with Gasteiger partial charge in [0, 0.05) is 30.2 Å². The third-order valence-corrected chi connectivity index (χ3v) is 6.08. The summed E-state index contributed by atoms with van der Waals surface area (Å²) in [5.74, 6) is -1.05. The second kappa shape index (κ2) is 14.6. The Bertz CT molecular complexity index is 1260. The molecule has 1 fully saturated rings. The Morgan fingerprint density at radius 1 is 0.875 bits per heavy atom. The van der Waals surface area contributed by atoms with Crippen molar-refractivity contribution >= 4 is 17.0 Å². The topological polar surface area (TPSA) is 42.4 Å². The Morgan fingerprint density at radius 2 is 1.45 bits per heavy atom. The number of phenols is 1. The summed E-state index contributed by atoms with van der Waals surface area (Å²) in [6.07, 6.45) is -2.14. The molecule has 0 aliphatic carbocycles. The van der Waals surface area contributed by atoms with Gasteiger partial charge in [-0.2, -0.15) is 13.2 Å². The molecule has 218 valence electrons. The Kier molecular flexibility index (Phi) is 12.7. The number of nitrogens with zero attached hydrogens (tertiary/aromatic N) is 1. The molecule has 4 rings (SSSR count). The first-order valence-electron chi connectivity index (χ1n) is 12.7. The van der Waals surface area contributed by atoms with E-state index in [2.05, 4.69) is 31.8 Å². The zero-order valence-electron chi connectivity index (χ0n) is 23.4. The van der Waals surface area contributed by atoms with Gasteiger partial charge in [0.1, 0.15) is 5.75 Å². The van der Waals surface area contributed by atoms with E-state index in [4.69, 9.17) is 21.8 Å². The quantitative estimate of drug-likeness (QED) is 0.217. The fourth-order valence-electron chi connectivity index (χ4n) is 3.92. The second-order valence-corrected chi connectivity index (χ2v) is 15.1. The van der Waals surface area contributed by atoms with Crippen LogP contribution in [-0.4, -0.2) is 23.3 Å². The van der Waals surface area contributed by atoms with Gasteiger partial charge in [-0.3, -0.25) is 4.98 Å². The maximum absolute atomic E-state index is 13.9. The molecule has 1 N–H and O–H groups in total. The number of aromatic nitrogens is 1. The van der Waals surface area contributed by atoms with Gasteiger partial charge in [0.05, 0.1) is 5.69 Å². The summed E-state index contributed by atoms with van der Waals surface area (Å²) in [4.78, 5) is 4.46. The summed E-state index contributed by atoms with van der Waals surface area (Å²) < 4.78 is 58.2. The van der Waals surface area contributed by atoms with Crippen LogP contribution in [0.5, 0.6) is 5.75 Å². The van der Waals surface area contributed by atoms with Gasteiger partial charge in [-0.1, -0.05) is 65.8 Å². The van der Waals surface area contributed by atoms with Crippen molar-refractivity contribution in [2.75, 3.05) is 13.2 Å². The van der Waals surface area contributed by atoms with Crippen LogP contribution in [0.1, 0.15) is 71.1 Å². The number of alkyl halides is 3. The molecule has 0 unspecified atom stereocenters. The van der Waals surface area contributed by atoms with E-state index in [1.54, 1.807) is 12.1 Å². The molecule has 1 aliphatic rings. The summed E-state index contributed by atoms with van der Waals surface area (Å²) in [6, 6.07) is 12.1. The molecule has 1 aromatic heterocycles. The van der Waals surface area contributed by atoms with E-state index in [0.717, 1.165) is 30.4 Å². The number of aromatic hydroxyl groups is 1. The molecule has 0 spiro atoms. The van der Waals surface area contributed by atoms with Gasteiger partial charge in [-0.05, 0) is 52.6 Å². The molecule has 10 heteroatoms. The van der Waals surface area contributed by atoms with Crippen molar-refractivity contribution in [3.05, 3.63) is 71.0 Å². The first-order valence-corrected chi connectivity index (χ1v) is 19.0. The second-order valence-electron chi connectivity index (χ2n) is 11.3. The van der Waals surface area contributed by atoms with E-state index in [9.17, 15) is 22.7 Å². The first-order chi connectivity index (χ1) is 18.5. The van der Waals surface area contributed by atoms with Crippen molar-refractivity contribution in [3.63, 3.8) is 0 Å². The van der Waals surface area contributed by atoms with Crippen molar-refractivity contribution in [2.45, 2.75) is 71.4 Å². The van der Waals surface area contributed by atoms with Crippen molar-refractivity contribution < 1.29 is 48.3 Å². The van der Waals surface area contributed by atoms with Gasteiger partial charge in [0.25, 0.3) is 0 Å². The zero-order chi connectivity index (χ0) is 30.3. The molecule has 0 amide bonds. The van der Waals surface area contributed by atoms with Crippen LogP contribution in [-0.2, 0) is 42.6 Å². The average molecular weight is 679 g/mol. The average Bonchev–Trinajstić information content (AvgIpc) is 3.43. The molecule has 1 saturated heterocycles. The van der Waals surface area contributed by atoms with Gasteiger partial charge in [-0.25, -0.2) is 4.39 Å². The van der Waals surface area contributed by atoms with Crippen LogP contribution in [0.4, 0.5) is 17.6 Å². The molecule has 1 aliphatic heterocycles. The predicted octanol–water partition coefficient (Wildman–Crippen LogP) is 9.85. The summed E-state index contributed by atoms with van der Waals surface area (Å²) in [5, 5.41) is 11.1. The summed E-state index contributed by atoms with van der Waals surface area (Å²) >= 11 is -0.826. The number of halogens is 6. The maximum atomic E-state index is 13.9. The summed E-state index contributed by atoms with van der Waals surface area (Å²) in [5.41, 5.74) is 0.922.